The van der Waals surface area contributed by atoms with Crippen molar-refractivity contribution in [3.05, 3.63) is 88.2 Å². The van der Waals surface area contributed by atoms with Crippen LogP contribution in [0.5, 0.6) is 0 Å². The maximum atomic E-state index is 13.1. The second-order valence-electron chi connectivity index (χ2n) is 6.62. The van der Waals surface area contributed by atoms with E-state index in [4.69, 9.17) is 11.6 Å². The van der Waals surface area contributed by atoms with E-state index in [2.05, 4.69) is 5.10 Å². The van der Waals surface area contributed by atoms with Gasteiger partial charge in [0.05, 0.1) is 10.7 Å². The van der Waals surface area contributed by atoms with Crippen LogP contribution < -0.4 is 0 Å². The number of hydrogen-bond donors (Lipinski definition) is 0. The predicted molar refractivity (Wildman–Crippen MR) is 104 cm³/mol. The van der Waals surface area contributed by atoms with Gasteiger partial charge in [-0.2, -0.15) is 18.3 Å². The normalized spacial score (nSPS) is 11.5. The van der Waals surface area contributed by atoms with Crippen molar-refractivity contribution in [2.24, 2.45) is 0 Å². The molecular weight excluding hydrogens is 403 g/mol. The molecule has 3 rings (SSSR count). The van der Waals surface area contributed by atoms with Crippen LogP contribution in [0.1, 0.15) is 22.5 Å². The topological polar surface area (TPSA) is 38.1 Å². The van der Waals surface area contributed by atoms with Crippen molar-refractivity contribution in [1.29, 1.82) is 0 Å². The SMILES string of the molecule is Cc1c(Cl)c(C(F)(F)F)nn1CC(=O)N(Cc1ccccc1)Cc1ccccc1. The Labute approximate surface area is 171 Å². The zero-order chi connectivity index (χ0) is 21.0. The van der Waals surface area contributed by atoms with E-state index in [1.807, 2.05) is 60.7 Å². The first-order valence-corrected chi connectivity index (χ1v) is 9.29. The summed E-state index contributed by atoms with van der Waals surface area (Å²) in [4.78, 5) is 14.6. The number of carbonyl (C=O) groups is 1. The van der Waals surface area contributed by atoms with Crippen LogP contribution in [0.25, 0.3) is 0 Å². The van der Waals surface area contributed by atoms with E-state index >= 15 is 0 Å². The molecule has 0 aliphatic rings. The largest absolute Gasteiger partial charge is 0.436 e. The summed E-state index contributed by atoms with van der Waals surface area (Å²) in [6, 6.07) is 18.8. The number of aromatic nitrogens is 2. The zero-order valence-electron chi connectivity index (χ0n) is 15.7. The Morgan fingerprint density at radius 2 is 1.48 bits per heavy atom. The van der Waals surface area contributed by atoms with Crippen molar-refractivity contribution in [3.63, 3.8) is 0 Å². The lowest BCUT2D eigenvalue weighted by Gasteiger charge is -2.23. The quantitative estimate of drug-likeness (QED) is 0.556. The third kappa shape index (κ3) is 5.17. The van der Waals surface area contributed by atoms with E-state index in [1.54, 1.807) is 4.90 Å². The van der Waals surface area contributed by atoms with Gasteiger partial charge >= 0.3 is 6.18 Å². The van der Waals surface area contributed by atoms with Gasteiger partial charge in [-0.15, -0.1) is 0 Å². The van der Waals surface area contributed by atoms with Gasteiger partial charge in [-0.1, -0.05) is 72.3 Å². The minimum absolute atomic E-state index is 0.103. The van der Waals surface area contributed by atoms with Crippen molar-refractivity contribution >= 4 is 17.5 Å². The molecular formula is C21H19ClF3N3O. The Morgan fingerprint density at radius 3 is 1.90 bits per heavy atom. The number of halogens is 4. The number of carbonyl (C=O) groups excluding carboxylic acids is 1. The molecule has 0 bridgehead atoms. The van der Waals surface area contributed by atoms with Crippen LogP contribution >= 0.6 is 11.6 Å². The van der Waals surface area contributed by atoms with Gasteiger partial charge in [-0.3, -0.25) is 9.48 Å². The van der Waals surface area contributed by atoms with Gasteiger partial charge in [0, 0.05) is 13.1 Å². The Balaban J connectivity index is 1.85. The second kappa shape index (κ2) is 8.69. The van der Waals surface area contributed by atoms with Crippen LogP contribution in [0, 0.1) is 6.92 Å². The molecule has 0 N–H and O–H groups in total. The van der Waals surface area contributed by atoms with Crippen LogP contribution in [0.2, 0.25) is 5.02 Å². The van der Waals surface area contributed by atoms with Crippen molar-refractivity contribution in [2.75, 3.05) is 0 Å². The van der Waals surface area contributed by atoms with Gasteiger partial charge in [0.1, 0.15) is 6.54 Å². The summed E-state index contributed by atoms with van der Waals surface area (Å²) in [5.41, 5.74) is 0.764. The highest BCUT2D eigenvalue weighted by molar-refractivity contribution is 6.32. The molecule has 0 fully saturated rings. The molecule has 0 aliphatic heterocycles. The van der Waals surface area contributed by atoms with E-state index in [-0.39, 0.29) is 18.1 Å². The average Bonchev–Trinajstić information content (AvgIpc) is 2.98. The highest BCUT2D eigenvalue weighted by Gasteiger charge is 2.38. The summed E-state index contributed by atoms with van der Waals surface area (Å²) in [6.45, 7) is 1.74. The summed E-state index contributed by atoms with van der Waals surface area (Å²) < 4.78 is 40.2. The third-order valence-corrected chi connectivity index (χ3v) is 4.92. The molecule has 1 amide bonds. The summed E-state index contributed by atoms with van der Waals surface area (Å²) >= 11 is 5.79. The fourth-order valence-electron chi connectivity index (χ4n) is 2.93. The number of rotatable bonds is 6. The van der Waals surface area contributed by atoms with Gasteiger partial charge < -0.3 is 4.90 Å². The standard InChI is InChI=1S/C21H19ClF3N3O/c1-15-19(22)20(21(23,24)25)26-28(15)14-18(29)27(12-16-8-4-2-5-9-16)13-17-10-6-3-7-11-17/h2-11H,12-14H2,1H3. The lowest BCUT2D eigenvalue weighted by atomic mass is 10.1. The molecule has 8 heteroatoms. The highest BCUT2D eigenvalue weighted by Crippen LogP contribution is 2.35. The van der Waals surface area contributed by atoms with E-state index in [0.29, 0.717) is 13.1 Å². The van der Waals surface area contributed by atoms with Gasteiger partial charge in [0.2, 0.25) is 5.91 Å². The molecule has 0 saturated heterocycles. The van der Waals surface area contributed by atoms with Crippen molar-refractivity contribution in [1.82, 2.24) is 14.7 Å². The number of hydrogen-bond acceptors (Lipinski definition) is 2. The average molecular weight is 422 g/mol. The molecule has 1 aromatic heterocycles. The van der Waals surface area contributed by atoms with Crippen LogP contribution in [-0.4, -0.2) is 20.6 Å². The lowest BCUT2D eigenvalue weighted by Crippen LogP contribution is -2.33. The molecule has 0 spiro atoms. The summed E-state index contributed by atoms with van der Waals surface area (Å²) in [5, 5.41) is 3.05. The van der Waals surface area contributed by atoms with Crippen LogP contribution in [0.15, 0.2) is 60.7 Å². The minimum Gasteiger partial charge on any atom is -0.332 e. The molecule has 4 nitrogen and oxygen atoms in total. The van der Waals surface area contributed by atoms with Crippen LogP contribution in [0.4, 0.5) is 13.2 Å². The number of alkyl halides is 3. The first-order valence-electron chi connectivity index (χ1n) is 8.91. The molecule has 152 valence electrons. The molecule has 0 atom stereocenters. The smallest absolute Gasteiger partial charge is 0.332 e. The zero-order valence-corrected chi connectivity index (χ0v) is 16.4. The van der Waals surface area contributed by atoms with Crippen molar-refractivity contribution in [2.45, 2.75) is 32.7 Å². The number of benzene rings is 2. The molecule has 0 unspecified atom stereocenters. The minimum atomic E-state index is -4.68. The second-order valence-corrected chi connectivity index (χ2v) is 7.00. The van der Waals surface area contributed by atoms with Gasteiger partial charge in [0.25, 0.3) is 0 Å². The van der Waals surface area contributed by atoms with Crippen LogP contribution in [-0.2, 0) is 30.6 Å². The van der Waals surface area contributed by atoms with E-state index in [9.17, 15) is 18.0 Å². The Bertz CT molecular complexity index is 931. The Hall–Kier alpha value is -2.80. The van der Waals surface area contributed by atoms with Crippen LogP contribution in [0.3, 0.4) is 0 Å². The summed E-state index contributed by atoms with van der Waals surface area (Å²) in [6.07, 6.45) is -4.68. The van der Waals surface area contributed by atoms with Gasteiger partial charge in [-0.25, -0.2) is 0 Å². The monoisotopic (exact) mass is 421 g/mol. The first-order chi connectivity index (χ1) is 13.8. The van der Waals surface area contributed by atoms with E-state index in [0.717, 1.165) is 15.8 Å². The third-order valence-electron chi connectivity index (χ3n) is 4.47. The molecule has 0 radical (unpaired) electrons. The molecule has 2 aromatic carbocycles. The highest BCUT2D eigenvalue weighted by atomic mass is 35.5. The Morgan fingerprint density at radius 1 is 1.00 bits per heavy atom. The van der Waals surface area contributed by atoms with E-state index in [1.165, 1.54) is 6.92 Å². The fraction of sp³-hybridized carbons (Fsp3) is 0.238. The Kier molecular flexibility index (Phi) is 6.27. The molecule has 1 heterocycles. The first kappa shape index (κ1) is 20.9. The lowest BCUT2D eigenvalue weighted by molar-refractivity contribution is -0.142. The van der Waals surface area contributed by atoms with Gasteiger partial charge in [-0.05, 0) is 18.1 Å². The van der Waals surface area contributed by atoms with Crippen molar-refractivity contribution in [3.8, 4) is 0 Å². The number of amides is 1. The summed E-state index contributed by atoms with van der Waals surface area (Å²) in [5.74, 6) is -0.353. The molecule has 0 saturated carbocycles. The summed E-state index contributed by atoms with van der Waals surface area (Å²) in [7, 11) is 0. The number of nitrogens with zero attached hydrogens (tertiary/aromatic N) is 3. The van der Waals surface area contributed by atoms with E-state index < -0.39 is 16.9 Å². The predicted octanol–water partition coefficient (Wildman–Crippen LogP) is 5.09. The maximum absolute atomic E-state index is 13.1. The van der Waals surface area contributed by atoms with Crippen molar-refractivity contribution < 1.29 is 18.0 Å². The van der Waals surface area contributed by atoms with Gasteiger partial charge in [0.15, 0.2) is 5.69 Å². The fourth-order valence-corrected chi connectivity index (χ4v) is 3.17. The molecule has 0 aliphatic carbocycles. The molecule has 29 heavy (non-hydrogen) atoms. The molecule has 3 aromatic rings. The maximum Gasteiger partial charge on any atom is 0.436 e.